The number of aryl methyl sites for hydroxylation is 1. The molecule has 0 N–H and O–H groups in total. The molecular weight excluding hydrogens is 425 g/mol. The van der Waals surface area contributed by atoms with Gasteiger partial charge in [0.15, 0.2) is 5.13 Å². The summed E-state index contributed by atoms with van der Waals surface area (Å²) in [5, 5.41) is 1.44. The van der Waals surface area contributed by atoms with Crippen LogP contribution in [0.3, 0.4) is 0 Å². The Bertz CT molecular complexity index is 913. The Hall–Kier alpha value is -1.66. The summed E-state index contributed by atoms with van der Waals surface area (Å²) in [5.41, 5.74) is 2.06. The van der Waals surface area contributed by atoms with Crippen LogP contribution in [0.15, 0.2) is 48.5 Å². The van der Waals surface area contributed by atoms with E-state index in [-0.39, 0.29) is 18.3 Å². The molecule has 4 nitrogen and oxygen atoms in total. The van der Waals surface area contributed by atoms with Crippen molar-refractivity contribution >= 4 is 56.6 Å². The first-order valence-corrected chi connectivity index (χ1v) is 10.9. The average molecular weight is 452 g/mol. The van der Waals surface area contributed by atoms with Crippen molar-refractivity contribution < 1.29 is 4.79 Å². The number of rotatable bonds is 9. The number of nitrogens with zero attached hydrogens (tertiary/aromatic N) is 3. The molecule has 0 bridgehead atoms. The van der Waals surface area contributed by atoms with Gasteiger partial charge in [-0.15, -0.1) is 12.4 Å². The van der Waals surface area contributed by atoms with Crippen LogP contribution in [0.4, 0.5) is 5.13 Å². The molecule has 1 amide bonds. The zero-order valence-corrected chi connectivity index (χ0v) is 19.2. The highest BCUT2D eigenvalue weighted by molar-refractivity contribution is 7.22. The number of hydrogen-bond acceptors (Lipinski definition) is 4. The number of thiazole rings is 1. The van der Waals surface area contributed by atoms with Crippen LogP contribution in [0.2, 0.25) is 5.02 Å². The van der Waals surface area contributed by atoms with Crippen molar-refractivity contribution in [3.05, 3.63) is 59.1 Å². The van der Waals surface area contributed by atoms with Crippen molar-refractivity contribution in [3.8, 4) is 0 Å². The second-order valence-electron chi connectivity index (χ2n) is 6.67. The van der Waals surface area contributed by atoms with Crippen LogP contribution >= 0.6 is 35.3 Å². The van der Waals surface area contributed by atoms with E-state index >= 15 is 0 Å². The van der Waals surface area contributed by atoms with E-state index in [9.17, 15) is 4.79 Å². The molecule has 0 radical (unpaired) electrons. The van der Waals surface area contributed by atoms with Gasteiger partial charge in [0.2, 0.25) is 5.91 Å². The van der Waals surface area contributed by atoms with E-state index in [0.29, 0.717) is 18.0 Å². The maximum atomic E-state index is 13.1. The Morgan fingerprint density at radius 2 is 1.79 bits per heavy atom. The van der Waals surface area contributed by atoms with Crippen LogP contribution in [-0.2, 0) is 11.2 Å². The number of amides is 1. The molecule has 0 fully saturated rings. The van der Waals surface area contributed by atoms with Crippen molar-refractivity contribution in [2.45, 2.75) is 26.7 Å². The molecule has 3 aromatic rings. The van der Waals surface area contributed by atoms with Crippen LogP contribution < -0.4 is 4.90 Å². The number of anilines is 1. The van der Waals surface area contributed by atoms with Crippen LogP contribution in [0, 0.1) is 0 Å². The van der Waals surface area contributed by atoms with Crippen molar-refractivity contribution in [1.29, 1.82) is 0 Å². The van der Waals surface area contributed by atoms with Gasteiger partial charge in [-0.25, -0.2) is 4.98 Å². The topological polar surface area (TPSA) is 36.4 Å². The molecule has 0 saturated heterocycles. The van der Waals surface area contributed by atoms with Gasteiger partial charge in [0.05, 0.1) is 10.2 Å². The van der Waals surface area contributed by atoms with Crippen LogP contribution in [0.25, 0.3) is 10.2 Å². The van der Waals surface area contributed by atoms with Gasteiger partial charge in [-0.3, -0.25) is 9.69 Å². The third-order valence-corrected chi connectivity index (χ3v) is 6.15. The molecule has 0 aliphatic carbocycles. The second kappa shape index (κ2) is 11.5. The lowest BCUT2D eigenvalue weighted by atomic mass is 10.1. The van der Waals surface area contributed by atoms with Crippen molar-refractivity contribution in [2.75, 3.05) is 31.1 Å². The maximum Gasteiger partial charge on any atom is 0.229 e. The fourth-order valence-corrected chi connectivity index (χ4v) is 4.43. The molecule has 0 aliphatic heterocycles. The minimum atomic E-state index is 0. The van der Waals surface area contributed by atoms with Crippen LogP contribution in [-0.4, -0.2) is 42.0 Å². The molecule has 29 heavy (non-hydrogen) atoms. The fraction of sp³-hybridized carbons (Fsp3) is 0.364. The number of likely N-dealkylation sites (N-methyl/N-ethyl adjacent to an activating group) is 1. The summed E-state index contributed by atoms with van der Waals surface area (Å²) in [6.07, 6.45) is 1.21. The first kappa shape index (κ1) is 23.6. The van der Waals surface area contributed by atoms with E-state index in [2.05, 4.69) is 30.9 Å². The highest BCUT2D eigenvalue weighted by atomic mass is 35.5. The monoisotopic (exact) mass is 451 g/mol. The van der Waals surface area contributed by atoms with Gasteiger partial charge in [-0.1, -0.05) is 67.1 Å². The summed E-state index contributed by atoms with van der Waals surface area (Å²) in [7, 11) is 0. The molecular formula is C22H27Cl2N3OS. The van der Waals surface area contributed by atoms with E-state index in [1.165, 1.54) is 16.9 Å². The zero-order chi connectivity index (χ0) is 19.9. The van der Waals surface area contributed by atoms with Gasteiger partial charge in [-0.05, 0) is 43.3 Å². The van der Waals surface area contributed by atoms with Gasteiger partial charge < -0.3 is 4.90 Å². The van der Waals surface area contributed by atoms with E-state index < -0.39 is 0 Å². The molecule has 0 aliphatic rings. The molecule has 7 heteroatoms. The van der Waals surface area contributed by atoms with Crippen LogP contribution in [0.5, 0.6) is 0 Å². The molecule has 0 unspecified atom stereocenters. The van der Waals surface area contributed by atoms with Gasteiger partial charge in [-0.2, -0.15) is 0 Å². The van der Waals surface area contributed by atoms with Crippen molar-refractivity contribution in [1.82, 2.24) is 9.88 Å². The summed E-state index contributed by atoms with van der Waals surface area (Å²) < 4.78 is 1.01. The number of carbonyl (C=O) groups is 1. The quantitative estimate of drug-likeness (QED) is 0.419. The Balaban J connectivity index is 0.00000300. The molecule has 156 valence electrons. The molecule has 0 atom stereocenters. The summed E-state index contributed by atoms with van der Waals surface area (Å²) in [6.45, 7) is 7.70. The molecule has 3 rings (SSSR count). The van der Waals surface area contributed by atoms with Crippen LogP contribution in [0.1, 0.15) is 25.8 Å². The standard InChI is InChI=1S/C22H26ClN3OS.ClH/c1-3-25(4-2)14-15-26(21(27)13-10-17-8-6-5-7-9-17)22-24-19-12-11-18(23)16-20(19)28-22;/h5-9,11-12,16H,3-4,10,13-15H2,1-2H3;1H. The summed E-state index contributed by atoms with van der Waals surface area (Å²) in [6, 6.07) is 15.8. The normalized spacial score (nSPS) is 10.9. The summed E-state index contributed by atoms with van der Waals surface area (Å²) in [4.78, 5) is 22.0. The van der Waals surface area contributed by atoms with E-state index in [1.807, 2.05) is 41.3 Å². The first-order chi connectivity index (χ1) is 13.6. The Morgan fingerprint density at radius 3 is 2.48 bits per heavy atom. The third kappa shape index (κ3) is 6.41. The molecule has 0 spiro atoms. The van der Waals surface area contributed by atoms with E-state index in [4.69, 9.17) is 16.6 Å². The summed E-state index contributed by atoms with van der Waals surface area (Å²) in [5.74, 6) is 0.112. The Morgan fingerprint density at radius 1 is 1.07 bits per heavy atom. The first-order valence-electron chi connectivity index (χ1n) is 9.73. The van der Waals surface area contributed by atoms with E-state index in [0.717, 1.165) is 41.4 Å². The minimum Gasteiger partial charge on any atom is -0.302 e. The lowest BCUT2D eigenvalue weighted by Gasteiger charge is -2.24. The average Bonchev–Trinajstić information content (AvgIpc) is 3.13. The van der Waals surface area contributed by atoms with E-state index in [1.54, 1.807) is 0 Å². The molecule has 1 heterocycles. The number of halogens is 2. The lowest BCUT2D eigenvalue weighted by molar-refractivity contribution is -0.118. The van der Waals surface area contributed by atoms with Crippen molar-refractivity contribution in [3.63, 3.8) is 0 Å². The second-order valence-corrected chi connectivity index (χ2v) is 8.11. The SMILES string of the molecule is CCN(CC)CCN(C(=O)CCc1ccccc1)c1nc2ccc(Cl)cc2s1.Cl. The van der Waals surface area contributed by atoms with Gasteiger partial charge >= 0.3 is 0 Å². The minimum absolute atomic E-state index is 0. The predicted octanol–water partition coefficient (Wildman–Crippen LogP) is 5.68. The number of hydrogen-bond donors (Lipinski definition) is 0. The van der Waals surface area contributed by atoms with Crippen molar-refractivity contribution in [2.24, 2.45) is 0 Å². The Labute approximate surface area is 187 Å². The third-order valence-electron chi connectivity index (χ3n) is 4.88. The van der Waals surface area contributed by atoms with Gasteiger partial charge in [0.1, 0.15) is 0 Å². The number of fused-ring (bicyclic) bond motifs is 1. The molecule has 0 saturated carbocycles. The predicted molar refractivity (Wildman–Crippen MR) is 127 cm³/mol. The molecule has 1 aromatic heterocycles. The van der Waals surface area contributed by atoms with Gasteiger partial charge in [0.25, 0.3) is 0 Å². The number of carbonyl (C=O) groups excluding carboxylic acids is 1. The van der Waals surface area contributed by atoms with Gasteiger partial charge in [0, 0.05) is 24.5 Å². The lowest BCUT2D eigenvalue weighted by Crippen LogP contribution is -2.39. The highest BCUT2D eigenvalue weighted by Gasteiger charge is 2.20. The summed E-state index contributed by atoms with van der Waals surface area (Å²) >= 11 is 7.65. The fourth-order valence-electron chi connectivity index (χ4n) is 3.14. The number of benzene rings is 2. The largest absolute Gasteiger partial charge is 0.302 e. The number of aromatic nitrogens is 1. The maximum absolute atomic E-state index is 13.1. The Kier molecular flexibility index (Phi) is 9.37. The highest BCUT2D eigenvalue weighted by Crippen LogP contribution is 2.31. The zero-order valence-electron chi connectivity index (χ0n) is 16.8. The smallest absolute Gasteiger partial charge is 0.229 e. The molecule has 2 aromatic carbocycles.